The molecule has 0 aliphatic rings. The van der Waals surface area contributed by atoms with Gasteiger partial charge in [0, 0.05) is 10.9 Å². The number of hydrogen-bond acceptors (Lipinski definition) is 4. The molecule has 1 N–H and O–H groups in total. The van der Waals surface area contributed by atoms with Gasteiger partial charge in [0.1, 0.15) is 17.0 Å². The molecule has 0 saturated carbocycles. The topological polar surface area (TPSA) is 81.4 Å². The van der Waals surface area contributed by atoms with Crippen molar-refractivity contribution in [2.24, 2.45) is 0 Å². The zero-order valence-corrected chi connectivity index (χ0v) is 17.6. The van der Waals surface area contributed by atoms with E-state index in [2.05, 4.69) is 5.10 Å². The van der Waals surface area contributed by atoms with Crippen LogP contribution >= 0.6 is 11.6 Å². The lowest BCUT2D eigenvalue weighted by Crippen LogP contribution is -2.17. The Kier molecular flexibility index (Phi) is 5.48. The Morgan fingerprint density at radius 2 is 1.71 bits per heavy atom. The molecule has 0 fully saturated rings. The SMILES string of the molecule is CC(C)Oc1cccc(Cl)c1C(=O)n1nc(-c2ccc(C(=O)O)cc2)c2ccccc21. The van der Waals surface area contributed by atoms with Crippen molar-refractivity contribution in [1.29, 1.82) is 0 Å². The number of carboxylic acid groups (broad SMARTS) is 1. The molecule has 0 spiro atoms. The second kappa shape index (κ2) is 8.24. The molecule has 1 heterocycles. The zero-order chi connectivity index (χ0) is 22.1. The van der Waals surface area contributed by atoms with Crippen molar-refractivity contribution >= 4 is 34.4 Å². The molecule has 7 heteroatoms. The molecular weight excluding hydrogens is 416 g/mol. The highest BCUT2D eigenvalue weighted by Gasteiger charge is 2.23. The number of aromatic nitrogens is 2. The van der Waals surface area contributed by atoms with Gasteiger partial charge in [0.15, 0.2) is 0 Å². The zero-order valence-electron chi connectivity index (χ0n) is 16.9. The normalized spacial score (nSPS) is 11.1. The Hall–Kier alpha value is -3.64. The third-order valence-corrected chi connectivity index (χ3v) is 5.05. The number of para-hydroxylation sites is 1. The van der Waals surface area contributed by atoms with Gasteiger partial charge in [0.05, 0.1) is 22.2 Å². The van der Waals surface area contributed by atoms with Crippen molar-refractivity contribution in [3.63, 3.8) is 0 Å². The van der Waals surface area contributed by atoms with Gasteiger partial charge in [-0.2, -0.15) is 9.78 Å². The maximum absolute atomic E-state index is 13.5. The van der Waals surface area contributed by atoms with Crippen molar-refractivity contribution in [2.45, 2.75) is 20.0 Å². The fraction of sp³-hybridized carbons (Fsp3) is 0.125. The highest BCUT2D eigenvalue weighted by atomic mass is 35.5. The van der Waals surface area contributed by atoms with Gasteiger partial charge in [-0.25, -0.2) is 4.79 Å². The molecule has 0 atom stereocenters. The van der Waals surface area contributed by atoms with E-state index in [0.29, 0.717) is 22.5 Å². The summed E-state index contributed by atoms with van der Waals surface area (Å²) in [5, 5.41) is 14.8. The molecule has 3 aromatic carbocycles. The van der Waals surface area contributed by atoms with E-state index >= 15 is 0 Å². The first kappa shape index (κ1) is 20.6. The molecule has 0 aliphatic carbocycles. The Labute approximate surface area is 183 Å². The first-order valence-electron chi connectivity index (χ1n) is 9.68. The summed E-state index contributed by atoms with van der Waals surface area (Å²) in [6, 6.07) is 18.8. The molecule has 6 nitrogen and oxygen atoms in total. The summed E-state index contributed by atoms with van der Waals surface area (Å²) >= 11 is 6.38. The summed E-state index contributed by atoms with van der Waals surface area (Å²) in [5.74, 6) is -1.03. The van der Waals surface area contributed by atoms with Gasteiger partial charge < -0.3 is 9.84 Å². The predicted molar refractivity (Wildman–Crippen MR) is 119 cm³/mol. The largest absolute Gasteiger partial charge is 0.490 e. The van der Waals surface area contributed by atoms with Crippen LogP contribution in [0.4, 0.5) is 0 Å². The number of benzene rings is 3. The van der Waals surface area contributed by atoms with Crippen LogP contribution in [0.1, 0.15) is 34.6 Å². The number of rotatable bonds is 5. The average molecular weight is 435 g/mol. The van der Waals surface area contributed by atoms with E-state index in [0.717, 1.165) is 5.39 Å². The minimum Gasteiger partial charge on any atom is -0.490 e. The van der Waals surface area contributed by atoms with Gasteiger partial charge in [-0.15, -0.1) is 0 Å². The van der Waals surface area contributed by atoms with E-state index in [9.17, 15) is 9.59 Å². The van der Waals surface area contributed by atoms with Crippen LogP contribution < -0.4 is 4.74 Å². The lowest BCUT2D eigenvalue weighted by atomic mass is 10.1. The third-order valence-electron chi connectivity index (χ3n) is 4.74. The molecule has 0 amide bonds. The number of carboxylic acids is 1. The summed E-state index contributed by atoms with van der Waals surface area (Å²) in [5.41, 5.74) is 2.29. The molecule has 0 unspecified atom stereocenters. The Morgan fingerprint density at radius 3 is 2.39 bits per heavy atom. The summed E-state index contributed by atoms with van der Waals surface area (Å²) in [6.45, 7) is 3.74. The molecule has 31 heavy (non-hydrogen) atoms. The predicted octanol–water partition coefficient (Wildman–Crippen LogP) is 5.53. The van der Waals surface area contributed by atoms with Gasteiger partial charge in [-0.1, -0.05) is 48.0 Å². The second-order valence-electron chi connectivity index (χ2n) is 7.24. The van der Waals surface area contributed by atoms with Gasteiger partial charge in [0.2, 0.25) is 0 Å². The van der Waals surface area contributed by atoms with E-state index in [1.54, 1.807) is 36.4 Å². The lowest BCUT2D eigenvalue weighted by molar-refractivity contribution is 0.0696. The van der Waals surface area contributed by atoms with Crippen molar-refractivity contribution < 1.29 is 19.4 Å². The third kappa shape index (κ3) is 3.90. The number of nitrogens with zero attached hydrogens (tertiary/aromatic N) is 2. The summed E-state index contributed by atoms with van der Waals surface area (Å²) in [7, 11) is 0. The molecule has 0 aliphatic heterocycles. The van der Waals surface area contributed by atoms with Crippen LogP contribution in [-0.4, -0.2) is 32.9 Å². The Morgan fingerprint density at radius 1 is 1.00 bits per heavy atom. The summed E-state index contributed by atoms with van der Waals surface area (Å²) < 4.78 is 7.12. The van der Waals surface area contributed by atoms with Crippen LogP contribution in [0.5, 0.6) is 5.75 Å². The first-order chi connectivity index (χ1) is 14.9. The first-order valence-corrected chi connectivity index (χ1v) is 10.1. The van der Waals surface area contributed by atoms with Crippen molar-refractivity contribution in [3.8, 4) is 17.0 Å². The lowest BCUT2D eigenvalue weighted by Gasteiger charge is -2.14. The number of carbonyl (C=O) groups is 2. The van der Waals surface area contributed by atoms with E-state index in [1.807, 2.05) is 32.0 Å². The van der Waals surface area contributed by atoms with Gasteiger partial charge in [-0.3, -0.25) is 4.79 Å². The minimum atomic E-state index is -1.01. The molecule has 4 aromatic rings. The highest BCUT2D eigenvalue weighted by molar-refractivity contribution is 6.34. The molecule has 0 bridgehead atoms. The number of carbonyl (C=O) groups excluding carboxylic acids is 1. The van der Waals surface area contributed by atoms with Crippen LogP contribution in [0, 0.1) is 0 Å². The van der Waals surface area contributed by atoms with Gasteiger partial charge >= 0.3 is 5.97 Å². The van der Waals surface area contributed by atoms with E-state index < -0.39 is 11.9 Å². The quantitative estimate of drug-likeness (QED) is 0.446. The van der Waals surface area contributed by atoms with Gasteiger partial charge in [0.25, 0.3) is 5.91 Å². The number of fused-ring (bicyclic) bond motifs is 1. The van der Waals surface area contributed by atoms with Crippen LogP contribution in [0.25, 0.3) is 22.2 Å². The molecule has 0 saturated heterocycles. The molecule has 1 aromatic heterocycles. The number of ether oxygens (including phenoxy) is 1. The Balaban J connectivity index is 1.87. The van der Waals surface area contributed by atoms with E-state index in [1.165, 1.54) is 16.8 Å². The average Bonchev–Trinajstić information content (AvgIpc) is 3.13. The monoisotopic (exact) mass is 434 g/mol. The molecule has 0 radical (unpaired) electrons. The van der Waals surface area contributed by atoms with Crippen LogP contribution in [0.3, 0.4) is 0 Å². The Bertz CT molecular complexity index is 1290. The maximum Gasteiger partial charge on any atom is 0.335 e. The van der Waals surface area contributed by atoms with Crippen molar-refractivity contribution in [3.05, 3.63) is 82.9 Å². The van der Waals surface area contributed by atoms with Crippen molar-refractivity contribution in [2.75, 3.05) is 0 Å². The number of halogens is 1. The smallest absolute Gasteiger partial charge is 0.335 e. The van der Waals surface area contributed by atoms with Crippen molar-refractivity contribution in [1.82, 2.24) is 9.78 Å². The minimum absolute atomic E-state index is 0.136. The fourth-order valence-electron chi connectivity index (χ4n) is 3.37. The number of hydrogen-bond donors (Lipinski definition) is 1. The molecular formula is C24H19ClN2O4. The molecule has 4 rings (SSSR count). The standard InChI is InChI=1S/C24H19ClN2O4/c1-14(2)31-20-9-5-7-18(25)21(20)23(28)27-19-8-4-3-6-17(19)22(26-27)15-10-12-16(13-11-15)24(29)30/h3-14H,1-2H3,(H,29,30). The van der Waals surface area contributed by atoms with E-state index in [4.69, 9.17) is 21.4 Å². The van der Waals surface area contributed by atoms with E-state index in [-0.39, 0.29) is 22.3 Å². The summed E-state index contributed by atoms with van der Waals surface area (Å²) in [6.07, 6.45) is -0.136. The summed E-state index contributed by atoms with van der Waals surface area (Å²) in [4.78, 5) is 24.7. The van der Waals surface area contributed by atoms with Gasteiger partial charge in [-0.05, 0) is 44.2 Å². The van der Waals surface area contributed by atoms with Crippen LogP contribution in [-0.2, 0) is 0 Å². The highest BCUT2D eigenvalue weighted by Crippen LogP contribution is 2.32. The van der Waals surface area contributed by atoms with Crippen LogP contribution in [0.15, 0.2) is 66.7 Å². The van der Waals surface area contributed by atoms with Crippen LogP contribution in [0.2, 0.25) is 5.02 Å². The molecule has 156 valence electrons. The second-order valence-corrected chi connectivity index (χ2v) is 7.65. The maximum atomic E-state index is 13.5. The fourth-order valence-corrected chi connectivity index (χ4v) is 3.62. The number of aromatic carboxylic acids is 1.